The van der Waals surface area contributed by atoms with Crippen molar-refractivity contribution in [2.75, 3.05) is 31.2 Å². The number of amides is 1. The molecule has 2 aromatic carbocycles. The number of carbonyl (C=O) groups excluding carboxylic acids is 1. The number of nitrogens with zero attached hydrogens (tertiary/aromatic N) is 2. The number of carbonyl (C=O) groups is 1. The van der Waals surface area contributed by atoms with Gasteiger partial charge in [-0.25, -0.2) is 4.98 Å². The van der Waals surface area contributed by atoms with Crippen LogP contribution in [0.5, 0.6) is 11.5 Å². The molecule has 1 amide bonds. The molecule has 8 heteroatoms. The molecule has 0 saturated carbocycles. The van der Waals surface area contributed by atoms with Gasteiger partial charge >= 0.3 is 0 Å². The summed E-state index contributed by atoms with van der Waals surface area (Å²) in [7, 11) is 1.53. The first-order valence-electron chi connectivity index (χ1n) is 11.7. The summed E-state index contributed by atoms with van der Waals surface area (Å²) in [6.07, 6.45) is 2.78. The number of nitrogen functional groups attached to an aromatic ring is 1. The standard InChI is InChI=1S/C27H31N5O3/c1-18(34-2)27(33)32-16-6-7-19(17-32)24(28)23-14-15-30-26(29)25(23)31-20-10-12-22(13-11-20)35-21-8-4-3-5-9-21/h3-5,8-15,18-19,28,31H,6-7,16-17H2,1-2H3,(H2,29,30)/t18-,19+/m0/s1. The molecule has 2 atom stereocenters. The van der Waals surface area contributed by atoms with Crippen LogP contribution >= 0.6 is 0 Å². The molecule has 0 bridgehead atoms. The number of ether oxygens (including phenoxy) is 2. The molecule has 1 aliphatic rings. The summed E-state index contributed by atoms with van der Waals surface area (Å²) in [6, 6.07) is 18.9. The van der Waals surface area contributed by atoms with E-state index >= 15 is 0 Å². The fraction of sp³-hybridized carbons (Fsp3) is 0.296. The highest BCUT2D eigenvalue weighted by molar-refractivity contribution is 6.07. The van der Waals surface area contributed by atoms with Crippen molar-refractivity contribution >= 4 is 28.8 Å². The molecule has 182 valence electrons. The maximum absolute atomic E-state index is 12.6. The Kier molecular flexibility index (Phi) is 7.62. The fourth-order valence-corrected chi connectivity index (χ4v) is 4.20. The van der Waals surface area contributed by atoms with Crippen LogP contribution in [0.3, 0.4) is 0 Å². The van der Waals surface area contributed by atoms with Crippen LogP contribution in [-0.4, -0.2) is 47.8 Å². The first kappa shape index (κ1) is 24.2. The molecule has 2 heterocycles. The van der Waals surface area contributed by atoms with Gasteiger partial charge in [0.05, 0.1) is 5.69 Å². The Morgan fingerprint density at radius 3 is 2.57 bits per heavy atom. The third kappa shape index (κ3) is 5.78. The number of aromatic nitrogens is 1. The van der Waals surface area contributed by atoms with Crippen molar-refractivity contribution in [3.8, 4) is 11.5 Å². The topological polar surface area (TPSA) is 114 Å². The van der Waals surface area contributed by atoms with E-state index in [0.29, 0.717) is 41.6 Å². The van der Waals surface area contributed by atoms with Crippen molar-refractivity contribution in [3.05, 3.63) is 72.4 Å². The van der Waals surface area contributed by atoms with E-state index < -0.39 is 6.10 Å². The average Bonchev–Trinajstić information content (AvgIpc) is 2.90. The zero-order chi connectivity index (χ0) is 24.8. The van der Waals surface area contributed by atoms with E-state index in [0.717, 1.165) is 24.3 Å². The number of hydrogen-bond acceptors (Lipinski definition) is 7. The van der Waals surface area contributed by atoms with Gasteiger partial charge in [0, 0.05) is 49.3 Å². The lowest BCUT2D eigenvalue weighted by molar-refractivity contribution is -0.142. The number of nitrogens with one attached hydrogen (secondary N) is 2. The molecule has 1 aromatic heterocycles. The number of likely N-dealkylation sites (tertiary alicyclic amines) is 1. The van der Waals surface area contributed by atoms with Gasteiger partial charge in [-0.1, -0.05) is 18.2 Å². The molecule has 0 aliphatic carbocycles. The van der Waals surface area contributed by atoms with Crippen molar-refractivity contribution in [2.45, 2.75) is 25.9 Å². The van der Waals surface area contributed by atoms with E-state index in [4.69, 9.17) is 20.6 Å². The van der Waals surface area contributed by atoms with Gasteiger partial charge in [-0.2, -0.15) is 0 Å². The van der Waals surface area contributed by atoms with Crippen molar-refractivity contribution in [1.29, 1.82) is 5.41 Å². The summed E-state index contributed by atoms with van der Waals surface area (Å²) in [4.78, 5) is 18.6. The lowest BCUT2D eigenvalue weighted by Crippen LogP contribution is -2.46. The normalized spacial score (nSPS) is 16.4. The highest BCUT2D eigenvalue weighted by atomic mass is 16.5. The lowest BCUT2D eigenvalue weighted by atomic mass is 9.88. The molecular formula is C27H31N5O3. The zero-order valence-electron chi connectivity index (χ0n) is 20.0. The third-order valence-electron chi connectivity index (χ3n) is 6.22. The smallest absolute Gasteiger partial charge is 0.251 e. The first-order chi connectivity index (χ1) is 17.0. The van der Waals surface area contributed by atoms with Crippen LogP contribution in [0.15, 0.2) is 66.9 Å². The van der Waals surface area contributed by atoms with Crippen LogP contribution < -0.4 is 15.8 Å². The Morgan fingerprint density at radius 1 is 1.14 bits per heavy atom. The highest BCUT2D eigenvalue weighted by Crippen LogP contribution is 2.31. The Bertz CT molecular complexity index is 1170. The van der Waals surface area contributed by atoms with Crippen molar-refractivity contribution in [3.63, 3.8) is 0 Å². The van der Waals surface area contributed by atoms with Gasteiger partial charge in [0.2, 0.25) is 0 Å². The SMILES string of the molecule is CO[C@@H](C)C(=O)N1CCC[C@@H](C(=N)c2ccnc(N)c2Nc2ccc(Oc3ccccc3)cc2)C1. The Hall–Kier alpha value is -3.91. The summed E-state index contributed by atoms with van der Waals surface area (Å²) < 4.78 is 11.1. The first-order valence-corrected chi connectivity index (χ1v) is 11.7. The van der Waals surface area contributed by atoms with E-state index in [1.165, 1.54) is 7.11 Å². The van der Waals surface area contributed by atoms with Gasteiger partial charge in [0.15, 0.2) is 0 Å². The van der Waals surface area contributed by atoms with E-state index in [9.17, 15) is 4.79 Å². The van der Waals surface area contributed by atoms with Gasteiger partial charge < -0.3 is 30.8 Å². The van der Waals surface area contributed by atoms with Crippen LogP contribution in [0.4, 0.5) is 17.2 Å². The van der Waals surface area contributed by atoms with Crippen LogP contribution in [0.1, 0.15) is 25.3 Å². The largest absolute Gasteiger partial charge is 0.457 e. The Balaban J connectivity index is 1.50. The van der Waals surface area contributed by atoms with Crippen LogP contribution in [-0.2, 0) is 9.53 Å². The summed E-state index contributed by atoms with van der Waals surface area (Å²) >= 11 is 0. The number of piperidine rings is 1. The predicted octanol–water partition coefficient (Wildman–Crippen LogP) is 4.84. The Morgan fingerprint density at radius 2 is 1.86 bits per heavy atom. The summed E-state index contributed by atoms with van der Waals surface area (Å²) in [6.45, 7) is 2.91. The predicted molar refractivity (Wildman–Crippen MR) is 137 cm³/mol. The van der Waals surface area contributed by atoms with Gasteiger partial charge in [-0.15, -0.1) is 0 Å². The van der Waals surface area contributed by atoms with Crippen molar-refractivity contribution in [1.82, 2.24) is 9.88 Å². The van der Waals surface area contributed by atoms with Crippen molar-refractivity contribution in [2.24, 2.45) is 5.92 Å². The number of pyridine rings is 1. The van der Waals surface area contributed by atoms with E-state index in [1.807, 2.05) is 54.6 Å². The minimum absolute atomic E-state index is 0.0459. The molecule has 0 radical (unpaired) electrons. The minimum Gasteiger partial charge on any atom is -0.457 e. The van der Waals surface area contributed by atoms with Crippen LogP contribution in [0.25, 0.3) is 0 Å². The van der Waals surface area contributed by atoms with E-state index in [2.05, 4.69) is 10.3 Å². The molecule has 1 fully saturated rings. The van der Waals surface area contributed by atoms with Gasteiger partial charge in [-0.3, -0.25) is 4.79 Å². The van der Waals surface area contributed by atoms with Gasteiger partial charge in [0.25, 0.3) is 5.91 Å². The Labute approximate surface area is 205 Å². The molecule has 8 nitrogen and oxygen atoms in total. The van der Waals surface area contributed by atoms with Crippen LogP contribution in [0, 0.1) is 11.3 Å². The molecule has 3 aromatic rings. The van der Waals surface area contributed by atoms with Gasteiger partial charge in [0.1, 0.15) is 23.4 Å². The summed E-state index contributed by atoms with van der Waals surface area (Å²) in [5.41, 5.74) is 8.73. The molecule has 35 heavy (non-hydrogen) atoms. The number of methoxy groups -OCH3 is 1. The summed E-state index contributed by atoms with van der Waals surface area (Å²) in [5, 5.41) is 12.3. The zero-order valence-corrected chi connectivity index (χ0v) is 20.0. The maximum Gasteiger partial charge on any atom is 0.251 e. The second kappa shape index (κ2) is 11.0. The number of benzene rings is 2. The molecule has 0 spiro atoms. The molecule has 4 rings (SSSR count). The average molecular weight is 474 g/mol. The van der Waals surface area contributed by atoms with E-state index in [-0.39, 0.29) is 11.8 Å². The van der Waals surface area contributed by atoms with E-state index in [1.54, 1.807) is 24.1 Å². The second-order valence-electron chi connectivity index (χ2n) is 8.60. The third-order valence-corrected chi connectivity index (χ3v) is 6.22. The molecule has 1 aliphatic heterocycles. The number of para-hydroxylation sites is 1. The number of anilines is 3. The molecule has 1 saturated heterocycles. The maximum atomic E-state index is 12.6. The number of hydrogen-bond donors (Lipinski definition) is 3. The van der Waals surface area contributed by atoms with Crippen molar-refractivity contribution < 1.29 is 14.3 Å². The number of nitrogens with two attached hydrogens (primary N) is 1. The molecule has 4 N–H and O–H groups in total. The lowest BCUT2D eigenvalue weighted by Gasteiger charge is -2.34. The highest BCUT2D eigenvalue weighted by Gasteiger charge is 2.30. The van der Waals surface area contributed by atoms with Crippen LogP contribution in [0.2, 0.25) is 0 Å². The van der Waals surface area contributed by atoms with Gasteiger partial charge in [-0.05, 0) is 62.2 Å². The fourth-order valence-electron chi connectivity index (χ4n) is 4.20. The monoisotopic (exact) mass is 473 g/mol. The molecular weight excluding hydrogens is 442 g/mol. The summed E-state index contributed by atoms with van der Waals surface area (Å²) in [5.74, 6) is 1.65. The second-order valence-corrected chi connectivity index (χ2v) is 8.60. The number of rotatable bonds is 8. The molecule has 0 unspecified atom stereocenters. The quantitative estimate of drug-likeness (QED) is 0.404. The minimum atomic E-state index is -0.495.